The summed E-state index contributed by atoms with van der Waals surface area (Å²) >= 11 is 0. The standard InChI is InChI=1S/C35H38N3O7/c1-18-12-22-13-23-16-38-25(30(37-23)28(22)31(41)32(18)42-4)14-24-29(35-34(43-17-44-35)19(2)33(24)45-20(3)39)26(38)15-36-27(40)11-10-21-8-6-5-7-9-21/h5-9,12,23,25-26,30,41H,10-11,13-17H2,1-4H3,(H,36,40)/q-1/t23-,25?,26-,30-/m0/s1. The van der Waals surface area contributed by atoms with Crippen molar-refractivity contribution in [2.75, 3.05) is 27.0 Å². The molecular formula is C35H38N3O7-. The monoisotopic (exact) mass is 612 g/mol. The number of fused-ring (bicyclic) bond motifs is 9. The number of hydrogen-bond acceptors (Lipinski definition) is 8. The average Bonchev–Trinajstić information content (AvgIpc) is 3.51. The quantitative estimate of drug-likeness (QED) is 0.290. The number of carbonyl (C=O) groups is 2. The lowest BCUT2D eigenvalue weighted by molar-refractivity contribution is -0.132. The van der Waals surface area contributed by atoms with Crippen LogP contribution in [0.4, 0.5) is 0 Å². The molecule has 0 saturated carbocycles. The van der Waals surface area contributed by atoms with E-state index < -0.39 is 5.97 Å². The Morgan fingerprint density at radius 3 is 2.62 bits per heavy atom. The maximum atomic E-state index is 13.2. The number of phenols is 1. The molecule has 3 aromatic rings. The number of ether oxygens (including phenoxy) is 4. The van der Waals surface area contributed by atoms with Crippen molar-refractivity contribution >= 4 is 11.9 Å². The van der Waals surface area contributed by atoms with Gasteiger partial charge < -0.3 is 34.7 Å². The van der Waals surface area contributed by atoms with Crippen LogP contribution in [-0.4, -0.2) is 61.0 Å². The van der Waals surface area contributed by atoms with Crippen molar-refractivity contribution in [1.29, 1.82) is 0 Å². The van der Waals surface area contributed by atoms with Crippen LogP contribution in [0.1, 0.15) is 64.4 Å². The molecule has 4 atom stereocenters. The molecule has 2 N–H and O–H groups in total. The summed E-state index contributed by atoms with van der Waals surface area (Å²) in [6, 6.07) is 11.2. The molecule has 1 amide bonds. The first-order valence-electron chi connectivity index (χ1n) is 15.5. The molecule has 4 heterocycles. The summed E-state index contributed by atoms with van der Waals surface area (Å²) < 4.78 is 23.5. The average molecular weight is 613 g/mol. The maximum absolute atomic E-state index is 13.2. The molecule has 0 radical (unpaired) electrons. The number of esters is 1. The molecule has 10 nitrogen and oxygen atoms in total. The van der Waals surface area contributed by atoms with Gasteiger partial charge in [-0.2, -0.15) is 0 Å². The molecule has 0 spiro atoms. The summed E-state index contributed by atoms with van der Waals surface area (Å²) in [6.45, 7) is 6.26. The normalized spacial score (nSPS) is 22.6. The first-order valence-corrected chi connectivity index (χ1v) is 15.5. The Bertz CT molecular complexity index is 1670. The molecule has 1 saturated heterocycles. The molecule has 2 bridgehead atoms. The number of nitrogens with zero attached hydrogens (tertiary/aromatic N) is 2. The van der Waals surface area contributed by atoms with E-state index in [2.05, 4.69) is 16.3 Å². The van der Waals surface area contributed by atoms with Gasteiger partial charge in [0.1, 0.15) is 5.75 Å². The van der Waals surface area contributed by atoms with Crippen LogP contribution in [0, 0.1) is 13.8 Å². The van der Waals surface area contributed by atoms with E-state index in [1.54, 1.807) is 7.11 Å². The molecule has 7 rings (SSSR count). The topological polar surface area (TPSA) is 121 Å². The van der Waals surface area contributed by atoms with E-state index in [0.717, 1.165) is 33.4 Å². The van der Waals surface area contributed by atoms with Crippen LogP contribution in [0.25, 0.3) is 5.32 Å². The summed E-state index contributed by atoms with van der Waals surface area (Å²) in [5.41, 5.74) is 6.26. The number of methoxy groups -OCH3 is 1. The molecule has 0 aromatic heterocycles. The van der Waals surface area contributed by atoms with Crippen molar-refractivity contribution < 1.29 is 33.6 Å². The predicted molar refractivity (Wildman–Crippen MR) is 166 cm³/mol. The Labute approximate surface area is 262 Å². The van der Waals surface area contributed by atoms with Gasteiger partial charge in [0, 0.05) is 42.6 Å². The molecule has 3 aromatic carbocycles. The van der Waals surface area contributed by atoms with Gasteiger partial charge in [0.25, 0.3) is 0 Å². The Morgan fingerprint density at radius 1 is 1.09 bits per heavy atom. The van der Waals surface area contributed by atoms with Crippen LogP contribution in [0.5, 0.6) is 28.7 Å². The van der Waals surface area contributed by atoms with Gasteiger partial charge in [-0.1, -0.05) is 42.4 Å². The molecule has 4 aliphatic rings. The van der Waals surface area contributed by atoms with Gasteiger partial charge in [0.05, 0.1) is 13.2 Å². The van der Waals surface area contributed by atoms with E-state index in [4.69, 9.17) is 24.3 Å². The minimum Gasteiger partial charge on any atom is -0.650 e. The SMILES string of the molecule is COc1c(C)cc2c(c1O)[C@H]1[N-][C@@H](C2)CN2C1Cc1c(OC(C)=O)c(C)c3c(c1[C@@H]2CNC(=O)CCc1ccccc1)OCO3. The van der Waals surface area contributed by atoms with E-state index in [9.17, 15) is 14.7 Å². The van der Waals surface area contributed by atoms with Crippen molar-refractivity contribution in [2.45, 2.75) is 70.6 Å². The number of benzene rings is 3. The fourth-order valence-electron chi connectivity index (χ4n) is 7.76. The van der Waals surface area contributed by atoms with Crippen molar-refractivity contribution in [1.82, 2.24) is 10.2 Å². The Balaban J connectivity index is 1.30. The molecule has 0 aliphatic carbocycles. The lowest BCUT2D eigenvalue weighted by Gasteiger charge is -2.62. The van der Waals surface area contributed by atoms with Crippen LogP contribution in [-0.2, 0) is 28.9 Å². The summed E-state index contributed by atoms with van der Waals surface area (Å²) in [4.78, 5) is 28.0. The molecule has 1 fully saturated rings. The highest BCUT2D eigenvalue weighted by Gasteiger charge is 2.46. The third-order valence-corrected chi connectivity index (χ3v) is 9.61. The lowest BCUT2D eigenvalue weighted by atomic mass is 9.75. The fourth-order valence-corrected chi connectivity index (χ4v) is 7.76. The second-order valence-corrected chi connectivity index (χ2v) is 12.4. The van der Waals surface area contributed by atoms with Crippen LogP contribution in [0.15, 0.2) is 36.4 Å². The van der Waals surface area contributed by atoms with E-state index in [1.165, 1.54) is 6.92 Å². The number of piperazine rings is 1. The second kappa shape index (κ2) is 11.6. The molecule has 10 heteroatoms. The summed E-state index contributed by atoms with van der Waals surface area (Å²) in [7, 11) is 1.56. The number of rotatable bonds is 7. The number of carbonyl (C=O) groups excluding carboxylic acids is 2. The third-order valence-electron chi connectivity index (χ3n) is 9.61. The van der Waals surface area contributed by atoms with Gasteiger partial charge in [-0.15, -0.1) is 6.04 Å². The largest absolute Gasteiger partial charge is 0.650 e. The van der Waals surface area contributed by atoms with Crippen molar-refractivity contribution in [3.63, 3.8) is 0 Å². The zero-order chi connectivity index (χ0) is 31.4. The zero-order valence-electron chi connectivity index (χ0n) is 26.0. The highest BCUT2D eigenvalue weighted by Crippen LogP contribution is 2.58. The van der Waals surface area contributed by atoms with Crippen molar-refractivity contribution in [2.24, 2.45) is 0 Å². The highest BCUT2D eigenvalue weighted by atomic mass is 16.7. The third kappa shape index (κ3) is 5.06. The minimum atomic E-state index is -0.429. The van der Waals surface area contributed by atoms with Gasteiger partial charge in [0.15, 0.2) is 23.0 Å². The predicted octanol–water partition coefficient (Wildman–Crippen LogP) is 4.74. The van der Waals surface area contributed by atoms with E-state index in [-0.39, 0.29) is 42.6 Å². The summed E-state index contributed by atoms with van der Waals surface area (Å²) in [6.07, 6.45) is 2.20. The summed E-state index contributed by atoms with van der Waals surface area (Å²) in [5.74, 6) is 1.77. The second-order valence-electron chi connectivity index (χ2n) is 12.4. The van der Waals surface area contributed by atoms with Crippen molar-refractivity contribution in [3.05, 3.63) is 80.7 Å². The van der Waals surface area contributed by atoms with E-state index in [0.29, 0.717) is 67.3 Å². The smallest absolute Gasteiger partial charge is 0.308 e. The molecule has 1 unspecified atom stereocenters. The van der Waals surface area contributed by atoms with Crippen LogP contribution >= 0.6 is 0 Å². The number of amides is 1. The Hall–Kier alpha value is -4.28. The molecule has 45 heavy (non-hydrogen) atoms. The molecule has 4 aliphatic heterocycles. The van der Waals surface area contributed by atoms with Gasteiger partial charge in [-0.25, -0.2) is 0 Å². The number of phenolic OH excluding ortho intramolecular Hbond substituents is 1. The zero-order valence-corrected chi connectivity index (χ0v) is 26.0. The van der Waals surface area contributed by atoms with Gasteiger partial charge in [0.2, 0.25) is 12.7 Å². The highest BCUT2D eigenvalue weighted by molar-refractivity contribution is 5.77. The number of hydrogen-bond donors (Lipinski definition) is 2. The Morgan fingerprint density at radius 2 is 1.87 bits per heavy atom. The van der Waals surface area contributed by atoms with Crippen LogP contribution in [0.3, 0.4) is 0 Å². The van der Waals surface area contributed by atoms with E-state index in [1.807, 2.05) is 44.2 Å². The molecule has 236 valence electrons. The van der Waals surface area contributed by atoms with Gasteiger partial charge >= 0.3 is 5.97 Å². The first kappa shape index (κ1) is 29.4. The summed E-state index contributed by atoms with van der Waals surface area (Å²) in [5, 5.41) is 19.9. The van der Waals surface area contributed by atoms with Crippen molar-refractivity contribution in [3.8, 4) is 28.7 Å². The van der Waals surface area contributed by atoms with Crippen LogP contribution < -0.4 is 24.3 Å². The lowest BCUT2D eigenvalue weighted by Crippen LogP contribution is -2.57. The number of aryl methyl sites for hydroxylation is 2. The van der Waals surface area contributed by atoms with Gasteiger partial charge in [-0.05, 0) is 61.9 Å². The number of nitrogens with one attached hydrogen (secondary N) is 1. The minimum absolute atomic E-state index is 0.00684. The Kier molecular flexibility index (Phi) is 7.57. The molecular weight excluding hydrogens is 574 g/mol. The number of aromatic hydroxyl groups is 1. The van der Waals surface area contributed by atoms with Crippen LogP contribution in [0.2, 0.25) is 0 Å². The van der Waals surface area contributed by atoms with Gasteiger partial charge in [-0.3, -0.25) is 14.5 Å². The first-order chi connectivity index (χ1) is 21.7. The maximum Gasteiger partial charge on any atom is 0.308 e. The fraction of sp³-hybridized carbons (Fsp3) is 0.429. The van der Waals surface area contributed by atoms with E-state index >= 15 is 0 Å².